The Bertz CT molecular complexity index is 482. The van der Waals surface area contributed by atoms with Gasteiger partial charge in [0.2, 0.25) is 5.91 Å². The highest BCUT2D eigenvalue weighted by Crippen LogP contribution is 2.38. The SMILES string of the molecule is COC(=O)[C@@H]1CC[C@@H]1C(=O)N1CCCC[C@@H]1C(=O)OC(C)(C)C. The topological polar surface area (TPSA) is 72.9 Å². The molecule has 0 N–H and O–H groups in total. The second-order valence-corrected chi connectivity index (χ2v) is 7.39. The average molecular weight is 325 g/mol. The molecule has 3 atom stereocenters. The summed E-state index contributed by atoms with van der Waals surface area (Å²) < 4.78 is 10.2. The molecule has 1 amide bonds. The van der Waals surface area contributed by atoms with Crippen molar-refractivity contribution in [2.45, 2.75) is 64.5 Å². The highest BCUT2D eigenvalue weighted by Gasteiger charge is 2.46. The first-order valence-corrected chi connectivity index (χ1v) is 8.36. The van der Waals surface area contributed by atoms with E-state index in [1.54, 1.807) is 4.90 Å². The Morgan fingerprint density at radius 3 is 2.13 bits per heavy atom. The number of carbonyl (C=O) groups excluding carboxylic acids is 3. The normalized spacial score (nSPS) is 27.8. The molecule has 1 saturated carbocycles. The molecule has 130 valence electrons. The Morgan fingerprint density at radius 1 is 0.957 bits per heavy atom. The van der Waals surface area contributed by atoms with Crippen LogP contribution in [0.25, 0.3) is 0 Å². The standard InChI is InChI=1S/C17H27NO5/c1-17(2,3)23-16(21)13-7-5-6-10-18(13)14(19)11-8-9-12(11)15(20)22-4/h11-13H,5-10H2,1-4H3/t11-,12+,13+/m0/s1. The maximum Gasteiger partial charge on any atom is 0.329 e. The Balaban J connectivity index is 2.07. The van der Waals surface area contributed by atoms with Gasteiger partial charge < -0.3 is 14.4 Å². The predicted octanol–water partition coefficient (Wildman–Crippen LogP) is 1.91. The van der Waals surface area contributed by atoms with Crippen LogP contribution in [-0.4, -0.2) is 48.0 Å². The maximum atomic E-state index is 12.8. The van der Waals surface area contributed by atoms with Gasteiger partial charge in [-0.15, -0.1) is 0 Å². The first-order chi connectivity index (χ1) is 10.7. The lowest BCUT2D eigenvalue weighted by molar-refractivity contribution is -0.170. The molecule has 0 aromatic heterocycles. The Kier molecular flexibility index (Phi) is 5.32. The number of likely N-dealkylation sites (tertiary alicyclic amines) is 1. The summed E-state index contributed by atoms with van der Waals surface area (Å²) in [6, 6.07) is -0.533. The number of methoxy groups -OCH3 is 1. The molecular weight excluding hydrogens is 298 g/mol. The molecule has 23 heavy (non-hydrogen) atoms. The summed E-state index contributed by atoms with van der Waals surface area (Å²) in [6.45, 7) is 6.00. The smallest absolute Gasteiger partial charge is 0.329 e. The van der Waals surface area contributed by atoms with Crippen LogP contribution >= 0.6 is 0 Å². The van der Waals surface area contributed by atoms with E-state index in [2.05, 4.69) is 0 Å². The van der Waals surface area contributed by atoms with Crippen LogP contribution in [0.1, 0.15) is 52.9 Å². The second kappa shape index (κ2) is 6.89. The van der Waals surface area contributed by atoms with Gasteiger partial charge in [0.1, 0.15) is 11.6 Å². The van der Waals surface area contributed by atoms with Gasteiger partial charge in [-0.3, -0.25) is 9.59 Å². The molecule has 2 aliphatic rings. The van der Waals surface area contributed by atoms with E-state index >= 15 is 0 Å². The van der Waals surface area contributed by atoms with Crippen molar-refractivity contribution in [1.82, 2.24) is 4.90 Å². The number of nitrogens with zero attached hydrogens (tertiary/aromatic N) is 1. The minimum atomic E-state index is -0.575. The molecule has 1 aliphatic carbocycles. The fraction of sp³-hybridized carbons (Fsp3) is 0.824. The minimum absolute atomic E-state index is 0.109. The lowest BCUT2D eigenvalue weighted by Gasteiger charge is -2.41. The van der Waals surface area contributed by atoms with Crippen LogP contribution in [0.2, 0.25) is 0 Å². The lowest BCUT2D eigenvalue weighted by Crippen LogP contribution is -2.55. The van der Waals surface area contributed by atoms with Gasteiger partial charge in [0, 0.05) is 6.54 Å². The van der Waals surface area contributed by atoms with E-state index in [1.165, 1.54) is 7.11 Å². The summed E-state index contributed by atoms with van der Waals surface area (Å²) in [5, 5.41) is 0. The molecule has 2 fully saturated rings. The molecule has 0 aromatic carbocycles. The molecular formula is C17H27NO5. The van der Waals surface area contributed by atoms with Crippen LogP contribution < -0.4 is 0 Å². The summed E-state index contributed by atoms with van der Waals surface area (Å²) in [6.07, 6.45) is 3.75. The van der Waals surface area contributed by atoms with Crippen molar-refractivity contribution in [2.24, 2.45) is 11.8 Å². The molecule has 6 heteroatoms. The number of piperidine rings is 1. The van der Waals surface area contributed by atoms with Gasteiger partial charge in [0.05, 0.1) is 18.9 Å². The fourth-order valence-corrected chi connectivity index (χ4v) is 3.25. The highest BCUT2D eigenvalue weighted by atomic mass is 16.6. The second-order valence-electron chi connectivity index (χ2n) is 7.39. The third-order valence-electron chi connectivity index (χ3n) is 4.56. The molecule has 0 unspecified atom stereocenters. The monoisotopic (exact) mass is 325 g/mol. The van der Waals surface area contributed by atoms with Crippen LogP contribution in [-0.2, 0) is 23.9 Å². The van der Waals surface area contributed by atoms with Gasteiger partial charge in [-0.2, -0.15) is 0 Å². The van der Waals surface area contributed by atoms with Gasteiger partial charge in [0.25, 0.3) is 0 Å². The third-order valence-corrected chi connectivity index (χ3v) is 4.56. The van der Waals surface area contributed by atoms with Crippen molar-refractivity contribution in [1.29, 1.82) is 0 Å². The van der Waals surface area contributed by atoms with E-state index in [9.17, 15) is 14.4 Å². The molecule has 0 radical (unpaired) electrons. The van der Waals surface area contributed by atoms with E-state index in [4.69, 9.17) is 9.47 Å². The van der Waals surface area contributed by atoms with E-state index in [1.807, 2.05) is 20.8 Å². The fourth-order valence-electron chi connectivity index (χ4n) is 3.25. The predicted molar refractivity (Wildman–Crippen MR) is 83.4 cm³/mol. The van der Waals surface area contributed by atoms with Gasteiger partial charge in [-0.25, -0.2) is 4.79 Å². The Morgan fingerprint density at radius 2 is 1.61 bits per heavy atom. The largest absolute Gasteiger partial charge is 0.469 e. The zero-order valence-electron chi connectivity index (χ0n) is 14.5. The summed E-state index contributed by atoms with van der Waals surface area (Å²) in [4.78, 5) is 38.6. The van der Waals surface area contributed by atoms with Gasteiger partial charge in [-0.05, 0) is 52.9 Å². The molecule has 0 bridgehead atoms. The summed E-state index contributed by atoms with van der Waals surface area (Å²) >= 11 is 0. The van der Waals surface area contributed by atoms with Crippen molar-refractivity contribution < 1.29 is 23.9 Å². The number of rotatable bonds is 3. The van der Waals surface area contributed by atoms with Crippen molar-refractivity contribution in [2.75, 3.05) is 13.7 Å². The number of ether oxygens (including phenoxy) is 2. The van der Waals surface area contributed by atoms with Crippen LogP contribution in [0, 0.1) is 11.8 Å². The number of carbonyl (C=O) groups is 3. The van der Waals surface area contributed by atoms with Crippen molar-refractivity contribution in [3.63, 3.8) is 0 Å². The van der Waals surface area contributed by atoms with Crippen LogP contribution in [0.15, 0.2) is 0 Å². The summed E-state index contributed by atoms with van der Waals surface area (Å²) in [7, 11) is 1.34. The van der Waals surface area contributed by atoms with Crippen molar-refractivity contribution >= 4 is 17.8 Å². The molecule has 1 saturated heterocycles. The summed E-state index contributed by atoms with van der Waals surface area (Å²) in [5.74, 6) is -1.51. The summed E-state index contributed by atoms with van der Waals surface area (Å²) in [5.41, 5.74) is -0.575. The quantitative estimate of drug-likeness (QED) is 0.741. The van der Waals surface area contributed by atoms with E-state index < -0.39 is 11.6 Å². The van der Waals surface area contributed by atoms with Gasteiger partial charge in [0.15, 0.2) is 0 Å². The number of hydrogen-bond acceptors (Lipinski definition) is 5. The highest BCUT2D eigenvalue weighted by molar-refractivity contribution is 5.90. The molecule has 0 aromatic rings. The van der Waals surface area contributed by atoms with Crippen LogP contribution in [0.3, 0.4) is 0 Å². The van der Waals surface area contributed by atoms with E-state index in [-0.39, 0.29) is 29.7 Å². The lowest BCUT2D eigenvalue weighted by atomic mass is 9.72. The molecule has 0 spiro atoms. The number of esters is 2. The first-order valence-electron chi connectivity index (χ1n) is 8.36. The Hall–Kier alpha value is -1.59. The molecule has 6 nitrogen and oxygen atoms in total. The first kappa shape index (κ1) is 17.8. The van der Waals surface area contributed by atoms with E-state index in [0.717, 1.165) is 12.8 Å². The van der Waals surface area contributed by atoms with Crippen LogP contribution in [0.5, 0.6) is 0 Å². The van der Waals surface area contributed by atoms with Gasteiger partial charge in [-0.1, -0.05) is 0 Å². The van der Waals surface area contributed by atoms with Crippen molar-refractivity contribution in [3.8, 4) is 0 Å². The van der Waals surface area contributed by atoms with Crippen molar-refractivity contribution in [3.05, 3.63) is 0 Å². The molecule has 2 rings (SSSR count). The molecule has 1 aliphatic heterocycles. The van der Waals surface area contributed by atoms with Crippen LogP contribution in [0.4, 0.5) is 0 Å². The minimum Gasteiger partial charge on any atom is -0.469 e. The number of hydrogen-bond donors (Lipinski definition) is 0. The zero-order valence-corrected chi connectivity index (χ0v) is 14.5. The third kappa shape index (κ3) is 4.03. The van der Waals surface area contributed by atoms with Gasteiger partial charge >= 0.3 is 11.9 Å². The zero-order chi connectivity index (χ0) is 17.2. The maximum absolute atomic E-state index is 12.8. The average Bonchev–Trinajstić information content (AvgIpc) is 2.44. The molecule has 1 heterocycles. The van der Waals surface area contributed by atoms with E-state index in [0.29, 0.717) is 25.8 Å². The Labute approximate surface area is 137 Å². The number of amides is 1.